The lowest BCUT2D eigenvalue weighted by Crippen LogP contribution is -2.38. The second-order valence-electron chi connectivity index (χ2n) is 6.18. The van der Waals surface area contributed by atoms with Crippen molar-refractivity contribution in [3.8, 4) is 11.6 Å². The van der Waals surface area contributed by atoms with Gasteiger partial charge in [-0.2, -0.15) is 0 Å². The maximum Gasteiger partial charge on any atom is 0.629 e. The van der Waals surface area contributed by atoms with Gasteiger partial charge in [0.2, 0.25) is 5.88 Å². The number of hydrogen-bond donors (Lipinski definition) is 1. The largest absolute Gasteiger partial charge is 0.629 e. The summed E-state index contributed by atoms with van der Waals surface area (Å²) in [6.07, 6.45) is 0.467. The van der Waals surface area contributed by atoms with Crippen LogP contribution in [-0.4, -0.2) is 49.3 Å². The highest BCUT2D eigenvalue weighted by atomic mass is 35.5. The molecule has 1 aromatic heterocycles. The van der Waals surface area contributed by atoms with Crippen LogP contribution in [0.1, 0.15) is 12.5 Å². The Labute approximate surface area is 166 Å². The fraction of sp³-hybridized carbons (Fsp3) is 0.294. The maximum absolute atomic E-state index is 12.8. The zero-order chi connectivity index (χ0) is 20.5. The number of rotatable bonds is 4. The number of nitrogens with zero attached hydrogens (tertiary/aromatic N) is 2. The summed E-state index contributed by atoms with van der Waals surface area (Å²) in [5, 5.41) is 7.63. The zero-order valence-electron chi connectivity index (χ0n) is 15.1. The molecule has 11 heteroatoms. The zero-order valence-corrected chi connectivity index (χ0v) is 16.7. The lowest BCUT2D eigenvalue weighted by Gasteiger charge is -2.18. The molecule has 3 N–H and O–H groups in total. The third-order valence-electron chi connectivity index (χ3n) is 4.19. The first-order valence-corrected chi connectivity index (χ1v) is 10.1. The van der Waals surface area contributed by atoms with Gasteiger partial charge in [0.1, 0.15) is 17.3 Å². The molecule has 150 valence electrons. The van der Waals surface area contributed by atoms with Gasteiger partial charge in [-0.1, -0.05) is 11.6 Å². The Balaban J connectivity index is 1.93. The molecule has 0 unspecified atom stereocenters. The average molecular weight is 429 g/mol. The highest BCUT2D eigenvalue weighted by molar-refractivity contribution is 7.92. The number of carbonyl (C=O) groups is 1. The van der Waals surface area contributed by atoms with Crippen LogP contribution in [0.4, 0.5) is 10.5 Å². The molecule has 2 heterocycles. The first-order chi connectivity index (χ1) is 13.2. The molecule has 9 nitrogen and oxygen atoms in total. The molecule has 0 radical (unpaired) electrons. The fourth-order valence-corrected chi connectivity index (χ4v) is 4.24. The lowest BCUT2D eigenvalue weighted by atomic mass is 10.2. The Kier molecular flexibility index (Phi) is 5.52. The number of nitrogens with one attached hydrogen (secondary N) is 1. The number of halogens is 1. The molecular formula is C17H19ClN3O6S+. The van der Waals surface area contributed by atoms with E-state index in [1.54, 1.807) is 6.92 Å². The number of pyridine rings is 1. The summed E-state index contributed by atoms with van der Waals surface area (Å²) in [5.41, 5.74) is 0.666. The third-order valence-corrected chi connectivity index (χ3v) is 5.83. The summed E-state index contributed by atoms with van der Waals surface area (Å²) in [5.74, 6) is 0.432. The van der Waals surface area contributed by atoms with E-state index in [4.69, 9.17) is 26.2 Å². The normalized spacial score (nSPS) is 16.5. The molecule has 3 rings (SSSR count). The summed E-state index contributed by atoms with van der Waals surface area (Å²) in [4.78, 5) is 16.9. The summed E-state index contributed by atoms with van der Waals surface area (Å²) < 4.78 is 38.7. The average Bonchev–Trinajstić information content (AvgIpc) is 2.80. The van der Waals surface area contributed by atoms with Crippen LogP contribution in [0.15, 0.2) is 35.4 Å². The highest BCUT2D eigenvalue weighted by Gasteiger charge is 2.31. The fourth-order valence-electron chi connectivity index (χ4n) is 2.77. The monoisotopic (exact) mass is 428 g/mol. The predicted molar refractivity (Wildman–Crippen MR) is 103 cm³/mol. The van der Waals surface area contributed by atoms with E-state index in [1.165, 1.54) is 42.5 Å². The number of benzene rings is 1. The topological polar surface area (TPSA) is 121 Å². The summed E-state index contributed by atoms with van der Waals surface area (Å²) in [6.45, 7) is 2.03. The van der Waals surface area contributed by atoms with Gasteiger partial charge in [0.25, 0.3) is 10.0 Å². The Morgan fingerprint density at radius 3 is 2.86 bits per heavy atom. The first kappa shape index (κ1) is 20.0. The Bertz CT molecular complexity index is 1010. The van der Waals surface area contributed by atoms with Crippen LogP contribution in [0.25, 0.3) is 0 Å². The molecule has 0 fully saturated rings. The van der Waals surface area contributed by atoms with E-state index in [9.17, 15) is 13.2 Å². The molecule has 0 saturated heterocycles. The van der Waals surface area contributed by atoms with Crippen LogP contribution in [-0.2, 0) is 16.6 Å². The molecule has 1 aromatic carbocycles. The van der Waals surface area contributed by atoms with Crippen molar-refractivity contribution in [2.75, 3.05) is 18.4 Å². The van der Waals surface area contributed by atoms with Gasteiger partial charge in [-0.3, -0.25) is 4.72 Å². The number of amides is 1. The van der Waals surface area contributed by atoms with Crippen molar-refractivity contribution in [3.63, 3.8) is 0 Å². The number of ether oxygens (including phenoxy) is 2. The minimum Gasteiger partial charge on any atom is -0.547 e. The second-order valence-corrected chi connectivity index (χ2v) is 8.27. The standard InChI is InChI=1S/C17H18ClN3O6S/c1-10-9-27-16-11(8-21(10)17(22)23)5-13(7-19-16)20-28(24,25)15-6-12(18)3-4-14(15)26-2/h3-7,10,20H,8-9H2,1-2H3,(H,22,23)/p+1/t10-/m1/s1. The molecule has 1 atom stereocenters. The molecule has 2 aromatic rings. The Morgan fingerprint density at radius 1 is 1.43 bits per heavy atom. The summed E-state index contributed by atoms with van der Waals surface area (Å²) in [7, 11) is -2.65. The minimum absolute atomic E-state index is 0.0852. The predicted octanol–water partition coefficient (Wildman–Crippen LogP) is 1.97. The van der Waals surface area contributed by atoms with Crippen LogP contribution in [0, 0.1) is 0 Å². The minimum atomic E-state index is -4.01. The molecule has 1 aliphatic heterocycles. The lowest BCUT2D eigenvalue weighted by molar-refractivity contribution is 0.113. The van der Waals surface area contributed by atoms with E-state index < -0.39 is 16.1 Å². The molecule has 1 amide bonds. The summed E-state index contributed by atoms with van der Waals surface area (Å²) >= 11 is 5.92. The third kappa shape index (κ3) is 4.07. The number of sulfonamides is 1. The maximum atomic E-state index is 12.8. The number of aromatic nitrogens is 1. The van der Waals surface area contributed by atoms with Gasteiger partial charge in [-0.15, -0.1) is 0 Å². The quantitative estimate of drug-likeness (QED) is 0.743. The van der Waals surface area contributed by atoms with Crippen molar-refractivity contribution in [2.24, 2.45) is 0 Å². The number of hydrogen-bond acceptors (Lipinski definition) is 6. The van der Waals surface area contributed by atoms with Gasteiger partial charge in [0.05, 0.1) is 36.4 Å². The SMILES string of the molecule is COc1ccc(Cl)cc1S(=O)(=O)Nc1cnc2c(c1)CN(C(=O)[OH2+])[C@H](C)CO2. The van der Waals surface area contributed by atoms with Gasteiger partial charge in [0.15, 0.2) is 0 Å². The van der Waals surface area contributed by atoms with Crippen molar-refractivity contribution in [2.45, 2.75) is 24.4 Å². The van der Waals surface area contributed by atoms with E-state index in [2.05, 4.69) is 9.71 Å². The van der Waals surface area contributed by atoms with Gasteiger partial charge in [-0.25, -0.2) is 18.3 Å². The Hall–Kier alpha value is -2.72. The molecule has 0 bridgehead atoms. The van der Waals surface area contributed by atoms with Crippen molar-refractivity contribution in [1.82, 2.24) is 9.88 Å². The smallest absolute Gasteiger partial charge is 0.547 e. The second kappa shape index (κ2) is 7.72. The molecular weight excluding hydrogens is 410 g/mol. The van der Waals surface area contributed by atoms with Crippen LogP contribution in [0.2, 0.25) is 5.02 Å². The van der Waals surface area contributed by atoms with Crippen LogP contribution in [0.3, 0.4) is 0 Å². The molecule has 1 aliphatic rings. The van der Waals surface area contributed by atoms with Crippen molar-refractivity contribution < 1.29 is 27.8 Å². The van der Waals surface area contributed by atoms with E-state index in [1.807, 2.05) is 0 Å². The van der Waals surface area contributed by atoms with Crippen LogP contribution >= 0.6 is 11.6 Å². The van der Waals surface area contributed by atoms with Gasteiger partial charge < -0.3 is 14.6 Å². The number of fused-ring (bicyclic) bond motifs is 1. The van der Waals surface area contributed by atoms with Crippen molar-refractivity contribution in [1.29, 1.82) is 0 Å². The van der Waals surface area contributed by atoms with Gasteiger partial charge >= 0.3 is 6.09 Å². The van der Waals surface area contributed by atoms with Gasteiger partial charge in [-0.05, 0) is 31.2 Å². The van der Waals surface area contributed by atoms with E-state index in [-0.39, 0.29) is 40.5 Å². The van der Waals surface area contributed by atoms with Gasteiger partial charge in [0, 0.05) is 10.6 Å². The number of anilines is 1. The molecule has 28 heavy (non-hydrogen) atoms. The van der Waals surface area contributed by atoms with E-state index in [0.29, 0.717) is 11.4 Å². The van der Waals surface area contributed by atoms with Crippen molar-refractivity contribution >= 4 is 33.4 Å². The number of carbonyl (C=O) groups excluding carboxylic acids is 1. The van der Waals surface area contributed by atoms with Crippen molar-refractivity contribution in [3.05, 3.63) is 41.0 Å². The number of methoxy groups -OCH3 is 1. The van der Waals surface area contributed by atoms with Crippen LogP contribution in [0.5, 0.6) is 11.6 Å². The van der Waals surface area contributed by atoms with Crippen LogP contribution < -0.4 is 14.2 Å². The Morgan fingerprint density at radius 2 is 2.18 bits per heavy atom. The molecule has 0 spiro atoms. The molecule has 0 saturated carbocycles. The first-order valence-electron chi connectivity index (χ1n) is 8.21. The molecule has 0 aliphatic carbocycles. The van der Waals surface area contributed by atoms with E-state index >= 15 is 0 Å². The highest BCUT2D eigenvalue weighted by Crippen LogP contribution is 2.30. The van der Waals surface area contributed by atoms with E-state index in [0.717, 1.165) is 0 Å². The summed E-state index contributed by atoms with van der Waals surface area (Å²) in [6, 6.07) is 5.47.